The van der Waals surface area contributed by atoms with E-state index >= 15 is 0 Å². The summed E-state index contributed by atoms with van der Waals surface area (Å²) >= 11 is 0. The van der Waals surface area contributed by atoms with Crippen LogP contribution < -0.4 is 4.90 Å². The Balaban J connectivity index is 1.66. The number of hydrogen-bond acceptors (Lipinski definition) is 7. The molecule has 3 aliphatic heterocycles. The molecule has 9 nitrogen and oxygen atoms in total. The molecule has 1 fully saturated rings. The molecule has 1 aromatic carbocycles. The van der Waals surface area contributed by atoms with E-state index in [-0.39, 0.29) is 25.5 Å². The molecule has 9 heteroatoms. The second-order valence-corrected chi connectivity index (χ2v) is 8.37. The topological polar surface area (TPSA) is 85.8 Å². The lowest BCUT2D eigenvalue weighted by Gasteiger charge is -2.40. The zero-order valence-electron chi connectivity index (χ0n) is 19.4. The summed E-state index contributed by atoms with van der Waals surface area (Å²) in [4.78, 5) is 49.5. The van der Waals surface area contributed by atoms with Crippen LogP contribution in [0.1, 0.15) is 38.3 Å². The summed E-state index contributed by atoms with van der Waals surface area (Å²) in [6.45, 7) is 10.0. The summed E-state index contributed by atoms with van der Waals surface area (Å²) in [7, 11) is 1.64. The van der Waals surface area contributed by atoms with Crippen LogP contribution in [0.4, 0.5) is 10.5 Å². The molecular weight excluding hydrogens is 410 g/mol. The lowest BCUT2D eigenvalue weighted by Crippen LogP contribution is -2.64. The van der Waals surface area contributed by atoms with Crippen molar-refractivity contribution >= 4 is 29.6 Å². The summed E-state index contributed by atoms with van der Waals surface area (Å²) < 4.78 is 4.95. The van der Waals surface area contributed by atoms with Crippen molar-refractivity contribution in [2.45, 2.75) is 53.2 Å². The Morgan fingerprint density at radius 2 is 1.81 bits per heavy atom. The van der Waals surface area contributed by atoms with Gasteiger partial charge in [-0.25, -0.2) is 9.79 Å². The maximum Gasteiger partial charge on any atom is 0.328 e. The zero-order chi connectivity index (χ0) is 23.3. The fourth-order valence-electron chi connectivity index (χ4n) is 4.43. The second-order valence-electron chi connectivity index (χ2n) is 8.37. The van der Waals surface area contributed by atoms with Crippen molar-refractivity contribution in [2.75, 3.05) is 25.1 Å². The number of ether oxygens (including phenoxy) is 1. The molecule has 2 atom stereocenters. The first kappa shape index (κ1) is 21.9. The van der Waals surface area contributed by atoms with Gasteiger partial charge in [-0.05, 0) is 57.9 Å². The maximum atomic E-state index is 13.4. The van der Waals surface area contributed by atoms with Crippen LogP contribution in [0.2, 0.25) is 0 Å². The Bertz CT molecular complexity index is 1060. The molecule has 0 saturated carbocycles. The van der Waals surface area contributed by atoms with E-state index < -0.39 is 24.2 Å². The predicted molar refractivity (Wildman–Crippen MR) is 120 cm³/mol. The molecule has 170 valence electrons. The van der Waals surface area contributed by atoms with Gasteiger partial charge in [-0.1, -0.05) is 6.07 Å². The van der Waals surface area contributed by atoms with Gasteiger partial charge in [0.15, 0.2) is 12.2 Å². The van der Waals surface area contributed by atoms with Crippen molar-refractivity contribution in [3.05, 3.63) is 40.7 Å². The minimum absolute atomic E-state index is 0.0180. The van der Waals surface area contributed by atoms with Crippen LogP contribution in [0, 0.1) is 13.8 Å². The van der Waals surface area contributed by atoms with Crippen molar-refractivity contribution in [1.29, 1.82) is 0 Å². The van der Waals surface area contributed by atoms with Crippen LogP contribution >= 0.6 is 0 Å². The zero-order valence-corrected chi connectivity index (χ0v) is 19.4. The van der Waals surface area contributed by atoms with Crippen LogP contribution in [0.25, 0.3) is 0 Å². The van der Waals surface area contributed by atoms with E-state index in [1.165, 1.54) is 10.5 Å². The highest BCUT2D eigenvalue weighted by molar-refractivity contribution is 6.10. The first-order chi connectivity index (χ1) is 15.2. The van der Waals surface area contributed by atoms with Gasteiger partial charge in [0.2, 0.25) is 5.96 Å². The standard InChI is InChI=1S/C23H29N5O4/c1-7-32-18(29)10-11-26-21(30)19-20(25(6)23(26)31)24-22-27(15(4)16(5)28(19)22)17-9-8-13(2)14(3)12-17/h8-9,12,19-20H,7,10-11H2,1-6H3. The van der Waals surface area contributed by atoms with E-state index in [1.807, 2.05) is 29.7 Å². The number of aliphatic imine (C=N–C) groups is 1. The first-order valence-corrected chi connectivity index (χ1v) is 10.8. The number of allylic oxidation sites excluding steroid dienone is 2. The smallest absolute Gasteiger partial charge is 0.328 e. The van der Waals surface area contributed by atoms with Gasteiger partial charge in [-0.3, -0.25) is 24.3 Å². The summed E-state index contributed by atoms with van der Waals surface area (Å²) in [5.41, 5.74) is 5.22. The number of carbonyl (C=O) groups is 3. The number of carbonyl (C=O) groups excluding carboxylic acids is 3. The monoisotopic (exact) mass is 439 g/mol. The summed E-state index contributed by atoms with van der Waals surface area (Å²) in [5.74, 6) is -0.149. The average molecular weight is 440 g/mol. The molecule has 3 amide bonds. The second kappa shape index (κ2) is 7.96. The van der Waals surface area contributed by atoms with Crippen molar-refractivity contribution in [3.8, 4) is 0 Å². The molecule has 32 heavy (non-hydrogen) atoms. The average Bonchev–Trinajstić information content (AvgIpc) is 3.24. The predicted octanol–water partition coefficient (Wildman–Crippen LogP) is 2.59. The third kappa shape index (κ3) is 3.23. The van der Waals surface area contributed by atoms with Gasteiger partial charge >= 0.3 is 12.0 Å². The number of rotatable bonds is 5. The Morgan fingerprint density at radius 1 is 1.09 bits per heavy atom. The summed E-state index contributed by atoms with van der Waals surface area (Å²) in [6.07, 6.45) is -0.659. The fourth-order valence-corrected chi connectivity index (χ4v) is 4.43. The number of guanidine groups is 1. The number of benzene rings is 1. The first-order valence-electron chi connectivity index (χ1n) is 10.8. The number of likely N-dealkylation sites (N-methyl/N-ethyl adjacent to an activating group) is 1. The van der Waals surface area contributed by atoms with E-state index in [1.54, 1.807) is 14.0 Å². The number of imide groups is 1. The van der Waals surface area contributed by atoms with E-state index in [2.05, 4.69) is 26.0 Å². The fraction of sp³-hybridized carbons (Fsp3) is 0.478. The molecule has 0 spiro atoms. The van der Waals surface area contributed by atoms with E-state index in [4.69, 9.17) is 9.73 Å². The molecule has 3 aliphatic rings. The van der Waals surface area contributed by atoms with Crippen molar-refractivity contribution in [1.82, 2.24) is 14.7 Å². The number of urea groups is 1. The van der Waals surface area contributed by atoms with Crippen molar-refractivity contribution in [2.24, 2.45) is 4.99 Å². The van der Waals surface area contributed by atoms with Crippen molar-refractivity contribution in [3.63, 3.8) is 0 Å². The Morgan fingerprint density at radius 3 is 2.47 bits per heavy atom. The minimum Gasteiger partial charge on any atom is -0.466 e. The number of aryl methyl sites for hydroxylation is 2. The van der Waals surface area contributed by atoms with E-state index in [0.29, 0.717) is 5.96 Å². The van der Waals surface area contributed by atoms with Gasteiger partial charge in [0.05, 0.1) is 13.0 Å². The van der Waals surface area contributed by atoms with Gasteiger partial charge in [0, 0.05) is 30.7 Å². The quantitative estimate of drug-likeness (QED) is 0.656. The number of esters is 1. The van der Waals surface area contributed by atoms with Gasteiger partial charge in [0.25, 0.3) is 5.91 Å². The number of nitrogens with zero attached hydrogens (tertiary/aromatic N) is 5. The Hall–Kier alpha value is -3.36. The summed E-state index contributed by atoms with van der Waals surface area (Å²) in [6, 6.07) is 5.08. The molecule has 0 aromatic heterocycles. The number of anilines is 1. The highest BCUT2D eigenvalue weighted by atomic mass is 16.5. The molecule has 1 saturated heterocycles. The van der Waals surface area contributed by atoms with Crippen LogP contribution in [-0.2, 0) is 14.3 Å². The third-order valence-electron chi connectivity index (χ3n) is 6.49. The lowest BCUT2D eigenvalue weighted by molar-refractivity contribution is -0.144. The minimum atomic E-state index is -0.665. The van der Waals surface area contributed by atoms with E-state index in [9.17, 15) is 14.4 Å². The molecule has 0 bridgehead atoms. The molecule has 1 aromatic rings. The van der Waals surface area contributed by atoms with Crippen LogP contribution in [0.3, 0.4) is 0 Å². The molecule has 0 radical (unpaired) electrons. The maximum absolute atomic E-state index is 13.4. The number of amides is 3. The lowest BCUT2D eigenvalue weighted by atomic mass is 10.1. The summed E-state index contributed by atoms with van der Waals surface area (Å²) in [5, 5.41) is 0. The van der Waals surface area contributed by atoms with Gasteiger partial charge in [-0.2, -0.15) is 0 Å². The molecule has 3 heterocycles. The van der Waals surface area contributed by atoms with Crippen LogP contribution in [-0.4, -0.2) is 71.0 Å². The van der Waals surface area contributed by atoms with Crippen molar-refractivity contribution < 1.29 is 19.1 Å². The van der Waals surface area contributed by atoms with Gasteiger partial charge in [-0.15, -0.1) is 0 Å². The highest BCUT2D eigenvalue weighted by Crippen LogP contribution is 2.40. The number of fused-ring (bicyclic) bond motifs is 3. The van der Waals surface area contributed by atoms with Crippen LogP contribution in [0.15, 0.2) is 34.6 Å². The molecular formula is C23H29N5O4. The molecule has 2 unspecified atom stereocenters. The highest BCUT2D eigenvalue weighted by Gasteiger charge is 2.55. The molecule has 0 N–H and O–H groups in total. The largest absolute Gasteiger partial charge is 0.466 e. The Labute approximate surface area is 187 Å². The SMILES string of the molecule is CCOC(=O)CCN1C(=O)C2C(N=C3N(c4ccc(C)c(C)c4)C(C)=C(C)N32)N(C)C1=O. The van der Waals surface area contributed by atoms with E-state index in [0.717, 1.165) is 27.5 Å². The molecule has 0 aliphatic carbocycles. The third-order valence-corrected chi connectivity index (χ3v) is 6.49. The normalized spacial score (nSPS) is 22.5. The molecule has 4 rings (SSSR count). The number of hydrogen-bond donors (Lipinski definition) is 0. The Kier molecular flexibility index (Phi) is 5.44. The van der Waals surface area contributed by atoms with Crippen LogP contribution in [0.5, 0.6) is 0 Å². The van der Waals surface area contributed by atoms with Gasteiger partial charge < -0.3 is 9.64 Å². The van der Waals surface area contributed by atoms with Gasteiger partial charge in [0.1, 0.15) is 0 Å².